The van der Waals surface area contributed by atoms with Crippen LogP contribution in [0.4, 0.5) is 5.69 Å². The quantitative estimate of drug-likeness (QED) is 0.682. The number of benzene rings is 2. The summed E-state index contributed by atoms with van der Waals surface area (Å²) in [5.41, 5.74) is 2.08. The van der Waals surface area contributed by atoms with Gasteiger partial charge < -0.3 is 10.1 Å². The number of rotatable bonds is 4. The highest BCUT2D eigenvalue weighted by molar-refractivity contribution is 6.33. The van der Waals surface area contributed by atoms with E-state index in [9.17, 15) is 14.4 Å². The summed E-state index contributed by atoms with van der Waals surface area (Å²) in [5.74, 6) is -1.40. The summed E-state index contributed by atoms with van der Waals surface area (Å²) in [6, 6.07) is 11.4. The number of ether oxygens (including phenoxy) is 1. The first kappa shape index (κ1) is 16.2. The fraction of sp³-hybridized carbons (Fsp3) is 0.167. The van der Waals surface area contributed by atoms with Gasteiger partial charge in [0.05, 0.1) is 16.5 Å². The van der Waals surface area contributed by atoms with Crippen LogP contribution in [0.1, 0.15) is 39.1 Å². The van der Waals surface area contributed by atoms with Crippen LogP contribution in [0.5, 0.6) is 0 Å². The lowest BCUT2D eigenvalue weighted by atomic mass is 9.99. The van der Waals surface area contributed by atoms with E-state index in [0.717, 1.165) is 5.56 Å². The summed E-state index contributed by atoms with van der Waals surface area (Å²) in [6.45, 7) is 1.38. The van der Waals surface area contributed by atoms with Gasteiger partial charge >= 0.3 is 5.97 Å². The van der Waals surface area contributed by atoms with Crippen LogP contribution in [0.2, 0.25) is 5.02 Å². The molecule has 0 aliphatic carbocycles. The molecule has 5 nitrogen and oxygen atoms in total. The molecule has 0 spiro atoms. The molecule has 2 aromatic rings. The van der Waals surface area contributed by atoms with Crippen molar-refractivity contribution in [1.82, 2.24) is 0 Å². The molecule has 1 amide bonds. The number of Topliss-reactive ketones (excluding diaryl/α,β-unsaturated/α-hetero) is 1. The third kappa shape index (κ3) is 3.03. The SMILES string of the molecule is C[C@H]1C(=O)Nc2ccc(C(=O)COC(=O)c3ccccc3Cl)cc21. The maximum atomic E-state index is 12.2. The van der Waals surface area contributed by atoms with Gasteiger partial charge in [0.1, 0.15) is 0 Å². The third-order valence-electron chi connectivity index (χ3n) is 3.92. The van der Waals surface area contributed by atoms with Gasteiger partial charge in [-0.3, -0.25) is 9.59 Å². The average Bonchev–Trinajstić information content (AvgIpc) is 2.87. The highest BCUT2D eigenvalue weighted by Crippen LogP contribution is 2.32. The van der Waals surface area contributed by atoms with Crippen LogP contribution in [0, 0.1) is 0 Å². The van der Waals surface area contributed by atoms with Gasteiger partial charge in [0.2, 0.25) is 5.91 Å². The molecule has 1 aliphatic heterocycles. The third-order valence-corrected chi connectivity index (χ3v) is 4.25. The summed E-state index contributed by atoms with van der Waals surface area (Å²) < 4.78 is 5.04. The number of amides is 1. The van der Waals surface area contributed by atoms with E-state index in [2.05, 4.69) is 5.32 Å². The molecule has 0 unspecified atom stereocenters. The Balaban J connectivity index is 1.69. The van der Waals surface area contributed by atoms with Gasteiger partial charge in [0.25, 0.3) is 0 Å². The summed E-state index contributed by atoms with van der Waals surface area (Å²) >= 11 is 5.92. The van der Waals surface area contributed by atoms with Crippen molar-refractivity contribution in [2.24, 2.45) is 0 Å². The molecule has 3 rings (SSSR count). The van der Waals surface area contributed by atoms with Crippen molar-refractivity contribution < 1.29 is 19.1 Å². The predicted molar refractivity (Wildman–Crippen MR) is 89.6 cm³/mol. The maximum absolute atomic E-state index is 12.2. The van der Waals surface area contributed by atoms with E-state index in [1.54, 1.807) is 43.3 Å². The Morgan fingerprint density at radius 1 is 1.21 bits per heavy atom. The molecule has 0 fully saturated rings. The lowest BCUT2D eigenvalue weighted by molar-refractivity contribution is -0.116. The molecule has 0 saturated heterocycles. The van der Waals surface area contributed by atoms with E-state index in [1.165, 1.54) is 6.07 Å². The predicted octanol–water partition coefficient (Wildman–Crippen LogP) is 3.44. The Kier molecular flexibility index (Phi) is 4.36. The topological polar surface area (TPSA) is 72.5 Å². The van der Waals surface area contributed by atoms with E-state index >= 15 is 0 Å². The van der Waals surface area contributed by atoms with Crippen LogP contribution in [-0.4, -0.2) is 24.3 Å². The van der Waals surface area contributed by atoms with E-state index in [4.69, 9.17) is 16.3 Å². The Labute approximate surface area is 143 Å². The summed E-state index contributed by atoms with van der Waals surface area (Å²) in [4.78, 5) is 35.8. The lowest BCUT2D eigenvalue weighted by Gasteiger charge is -2.07. The molecule has 0 radical (unpaired) electrons. The molecule has 1 N–H and O–H groups in total. The first-order chi connectivity index (χ1) is 11.5. The summed E-state index contributed by atoms with van der Waals surface area (Å²) in [7, 11) is 0. The first-order valence-corrected chi connectivity index (χ1v) is 7.75. The molecule has 1 aliphatic rings. The normalized spacial score (nSPS) is 15.6. The van der Waals surface area contributed by atoms with Gasteiger partial charge in [-0.15, -0.1) is 0 Å². The Morgan fingerprint density at radius 2 is 1.96 bits per heavy atom. The van der Waals surface area contributed by atoms with Crippen molar-refractivity contribution in [3.63, 3.8) is 0 Å². The molecule has 0 aromatic heterocycles. The Bertz CT molecular complexity index is 847. The van der Waals surface area contributed by atoms with Crippen LogP contribution in [0.3, 0.4) is 0 Å². The second kappa shape index (κ2) is 6.45. The molecule has 1 atom stereocenters. The van der Waals surface area contributed by atoms with Gasteiger partial charge in [-0.1, -0.05) is 23.7 Å². The van der Waals surface area contributed by atoms with Gasteiger partial charge in [0.15, 0.2) is 12.4 Å². The van der Waals surface area contributed by atoms with E-state index in [0.29, 0.717) is 11.3 Å². The number of ketones is 1. The van der Waals surface area contributed by atoms with Crippen LogP contribution in [0.15, 0.2) is 42.5 Å². The molecule has 24 heavy (non-hydrogen) atoms. The lowest BCUT2D eigenvalue weighted by Crippen LogP contribution is -2.14. The number of fused-ring (bicyclic) bond motifs is 1. The van der Waals surface area contributed by atoms with Crippen LogP contribution in [-0.2, 0) is 9.53 Å². The van der Waals surface area contributed by atoms with E-state index < -0.39 is 12.6 Å². The van der Waals surface area contributed by atoms with Crippen molar-refractivity contribution in [2.45, 2.75) is 12.8 Å². The van der Waals surface area contributed by atoms with Gasteiger partial charge in [0, 0.05) is 11.3 Å². The number of anilines is 1. The maximum Gasteiger partial charge on any atom is 0.340 e. The number of carbonyl (C=O) groups is 3. The van der Waals surface area contributed by atoms with Crippen LogP contribution in [0.25, 0.3) is 0 Å². The first-order valence-electron chi connectivity index (χ1n) is 7.37. The number of esters is 1. The monoisotopic (exact) mass is 343 g/mol. The minimum absolute atomic E-state index is 0.0975. The Hall–Kier alpha value is -2.66. The molecule has 122 valence electrons. The highest BCUT2D eigenvalue weighted by atomic mass is 35.5. The fourth-order valence-corrected chi connectivity index (χ4v) is 2.72. The van der Waals surface area contributed by atoms with Gasteiger partial charge in [-0.05, 0) is 42.8 Å². The van der Waals surface area contributed by atoms with Crippen molar-refractivity contribution >= 4 is 34.9 Å². The smallest absolute Gasteiger partial charge is 0.340 e. The van der Waals surface area contributed by atoms with E-state index in [1.807, 2.05) is 0 Å². The van der Waals surface area contributed by atoms with Crippen molar-refractivity contribution in [1.29, 1.82) is 0 Å². The second-order valence-electron chi connectivity index (χ2n) is 5.49. The molecular formula is C18H14ClNO4. The number of nitrogens with one attached hydrogen (secondary N) is 1. The molecule has 0 saturated carbocycles. The summed E-state index contributed by atoms with van der Waals surface area (Å²) in [6.07, 6.45) is 0. The average molecular weight is 344 g/mol. The molecular weight excluding hydrogens is 330 g/mol. The zero-order valence-electron chi connectivity index (χ0n) is 12.8. The standard InChI is InChI=1S/C18H14ClNO4/c1-10-13-8-11(6-7-15(13)20-17(10)22)16(21)9-24-18(23)12-4-2-3-5-14(12)19/h2-8,10H,9H2,1H3,(H,20,22)/t10-/m1/s1. The van der Waals surface area contributed by atoms with Crippen LogP contribution < -0.4 is 5.32 Å². The molecule has 6 heteroatoms. The van der Waals surface area contributed by atoms with Gasteiger partial charge in [-0.25, -0.2) is 4.79 Å². The number of hydrogen-bond donors (Lipinski definition) is 1. The van der Waals surface area contributed by atoms with Crippen molar-refractivity contribution in [3.05, 3.63) is 64.2 Å². The number of halogens is 1. The van der Waals surface area contributed by atoms with Crippen molar-refractivity contribution in [2.75, 3.05) is 11.9 Å². The largest absolute Gasteiger partial charge is 0.454 e. The van der Waals surface area contributed by atoms with E-state index in [-0.39, 0.29) is 28.2 Å². The number of carbonyl (C=O) groups excluding carboxylic acids is 3. The molecule has 0 bridgehead atoms. The zero-order chi connectivity index (χ0) is 17.3. The van der Waals surface area contributed by atoms with Gasteiger partial charge in [-0.2, -0.15) is 0 Å². The second-order valence-corrected chi connectivity index (χ2v) is 5.90. The fourth-order valence-electron chi connectivity index (χ4n) is 2.51. The van der Waals surface area contributed by atoms with Crippen LogP contribution >= 0.6 is 11.6 Å². The Morgan fingerprint density at radius 3 is 2.71 bits per heavy atom. The number of hydrogen-bond acceptors (Lipinski definition) is 4. The minimum Gasteiger partial charge on any atom is -0.454 e. The van der Waals surface area contributed by atoms with Crippen molar-refractivity contribution in [3.8, 4) is 0 Å². The minimum atomic E-state index is -0.652. The molecule has 2 aromatic carbocycles. The zero-order valence-corrected chi connectivity index (χ0v) is 13.6. The molecule has 1 heterocycles. The highest BCUT2D eigenvalue weighted by Gasteiger charge is 2.27. The summed E-state index contributed by atoms with van der Waals surface area (Å²) in [5, 5.41) is 3.01.